The third-order valence-corrected chi connectivity index (χ3v) is 5.66. The Bertz CT molecular complexity index is 1120. The van der Waals surface area contributed by atoms with Crippen molar-refractivity contribution in [1.29, 1.82) is 0 Å². The average molecular weight is 449 g/mol. The van der Waals surface area contributed by atoms with Crippen LogP contribution >= 0.6 is 11.6 Å². The first kappa shape index (κ1) is 21.8. The van der Waals surface area contributed by atoms with Gasteiger partial charge in [-0.1, -0.05) is 42.1 Å². The predicted octanol–water partition coefficient (Wildman–Crippen LogP) is 2.61. The minimum absolute atomic E-state index is 0.203. The van der Waals surface area contributed by atoms with Crippen LogP contribution in [0.25, 0.3) is 0 Å². The molecule has 0 spiro atoms. The molecule has 0 aliphatic heterocycles. The SMILES string of the molecule is CBc1ccc(Oc2ccc(CNC(=O)C3(NC(=O)c4cncnc4)CC3)cc2)c(Cl)c1. The van der Waals surface area contributed by atoms with E-state index >= 15 is 0 Å². The summed E-state index contributed by atoms with van der Waals surface area (Å²) in [4.78, 5) is 32.7. The minimum Gasteiger partial charge on any atom is -0.456 e. The Balaban J connectivity index is 1.31. The molecule has 7 nitrogen and oxygen atoms in total. The number of ether oxygens (including phenoxy) is 1. The zero-order chi connectivity index (χ0) is 22.6. The van der Waals surface area contributed by atoms with Crippen molar-refractivity contribution in [2.75, 3.05) is 0 Å². The van der Waals surface area contributed by atoms with Gasteiger partial charge in [0.1, 0.15) is 23.4 Å². The molecule has 1 aromatic heterocycles. The molecular formula is C23H22BClN4O3. The lowest BCUT2D eigenvalue weighted by Gasteiger charge is -2.17. The van der Waals surface area contributed by atoms with Crippen molar-refractivity contribution in [2.24, 2.45) is 0 Å². The fraction of sp³-hybridized carbons (Fsp3) is 0.217. The Hall–Kier alpha value is -3.39. The van der Waals surface area contributed by atoms with Crippen molar-refractivity contribution in [3.05, 3.63) is 77.3 Å². The second kappa shape index (κ2) is 9.40. The van der Waals surface area contributed by atoms with Gasteiger partial charge < -0.3 is 15.4 Å². The Labute approximate surface area is 191 Å². The zero-order valence-electron chi connectivity index (χ0n) is 17.6. The van der Waals surface area contributed by atoms with Crippen molar-refractivity contribution in [1.82, 2.24) is 20.6 Å². The van der Waals surface area contributed by atoms with Crippen molar-refractivity contribution < 1.29 is 14.3 Å². The summed E-state index contributed by atoms with van der Waals surface area (Å²) in [5, 5.41) is 6.28. The van der Waals surface area contributed by atoms with E-state index in [-0.39, 0.29) is 11.8 Å². The lowest BCUT2D eigenvalue weighted by Crippen LogP contribution is -2.48. The van der Waals surface area contributed by atoms with Gasteiger partial charge in [0.2, 0.25) is 5.91 Å². The van der Waals surface area contributed by atoms with E-state index in [9.17, 15) is 9.59 Å². The summed E-state index contributed by atoms with van der Waals surface area (Å²) in [6.45, 7) is 2.41. The van der Waals surface area contributed by atoms with Crippen LogP contribution in [0.2, 0.25) is 11.8 Å². The summed E-state index contributed by atoms with van der Waals surface area (Å²) < 4.78 is 5.86. The van der Waals surface area contributed by atoms with Crippen LogP contribution in [0.4, 0.5) is 0 Å². The summed E-state index contributed by atoms with van der Waals surface area (Å²) in [7, 11) is 0.909. The molecule has 0 saturated heterocycles. The highest BCUT2D eigenvalue weighted by atomic mass is 35.5. The number of carbonyl (C=O) groups excluding carboxylic acids is 2. The van der Waals surface area contributed by atoms with E-state index in [4.69, 9.17) is 16.3 Å². The number of benzene rings is 2. The summed E-state index contributed by atoms with van der Waals surface area (Å²) in [6.07, 6.45) is 5.39. The van der Waals surface area contributed by atoms with Gasteiger partial charge in [0.05, 0.1) is 10.6 Å². The topological polar surface area (TPSA) is 93.2 Å². The quantitative estimate of drug-likeness (QED) is 0.517. The van der Waals surface area contributed by atoms with Gasteiger partial charge in [0.15, 0.2) is 7.28 Å². The predicted molar refractivity (Wildman–Crippen MR) is 124 cm³/mol. The smallest absolute Gasteiger partial charge is 0.255 e. The van der Waals surface area contributed by atoms with E-state index in [1.165, 1.54) is 18.7 Å². The first-order valence-corrected chi connectivity index (χ1v) is 10.8. The fourth-order valence-electron chi connectivity index (χ4n) is 3.24. The molecule has 9 heteroatoms. The maximum absolute atomic E-state index is 12.7. The molecule has 0 radical (unpaired) electrons. The van der Waals surface area contributed by atoms with Crippen LogP contribution in [0.15, 0.2) is 61.2 Å². The first-order valence-electron chi connectivity index (χ1n) is 10.4. The van der Waals surface area contributed by atoms with Crippen LogP contribution in [-0.2, 0) is 11.3 Å². The molecule has 3 aromatic rings. The highest BCUT2D eigenvalue weighted by Gasteiger charge is 2.51. The minimum atomic E-state index is -0.864. The van der Waals surface area contributed by atoms with Crippen LogP contribution < -0.4 is 20.8 Å². The lowest BCUT2D eigenvalue weighted by atomic mass is 9.73. The number of nitrogens with one attached hydrogen (secondary N) is 2. The maximum atomic E-state index is 12.7. The Morgan fingerprint density at radius 2 is 1.84 bits per heavy atom. The number of carbonyl (C=O) groups is 2. The van der Waals surface area contributed by atoms with Crippen LogP contribution in [0.3, 0.4) is 0 Å². The molecule has 1 fully saturated rings. The molecule has 1 aliphatic carbocycles. The molecule has 2 aromatic carbocycles. The summed E-state index contributed by atoms with van der Waals surface area (Å²) in [6, 6.07) is 13.2. The van der Waals surface area contributed by atoms with Crippen LogP contribution in [0, 0.1) is 0 Å². The van der Waals surface area contributed by atoms with Gasteiger partial charge in [-0.25, -0.2) is 9.97 Å². The highest BCUT2D eigenvalue weighted by Crippen LogP contribution is 2.36. The number of halogens is 1. The molecule has 2 N–H and O–H groups in total. The second-order valence-corrected chi connectivity index (χ2v) is 8.12. The van der Waals surface area contributed by atoms with E-state index in [0.29, 0.717) is 41.5 Å². The summed E-state index contributed by atoms with van der Waals surface area (Å²) >= 11 is 6.29. The van der Waals surface area contributed by atoms with Gasteiger partial charge in [-0.15, -0.1) is 0 Å². The van der Waals surface area contributed by atoms with E-state index in [2.05, 4.69) is 27.4 Å². The number of nitrogens with zero attached hydrogens (tertiary/aromatic N) is 2. The van der Waals surface area contributed by atoms with Crippen molar-refractivity contribution in [3.63, 3.8) is 0 Å². The molecule has 0 bridgehead atoms. The van der Waals surface area contributed by atoms with Crippen LogP contribution in [-0.4, -0.2) is 34.6 Å². The lowest BCUT2D eigenvalue weighted by molar-refractivity contribution is -0.124. The number of aromatic nitrogens is 2. The van der Waals surface area contributed by atoms with Gasteiger partial charge in [-0.3, -0.25) is 9.59 Å². The molecule has 0 unspecified atom stereocenters. The van der Waals surface area contributed by atoms with E-state index in [0.717, 1.165) is 18.3 Å². The van der Waals surface area contributed by atoms with Crippen molar-refractivity contribution in [2.45, 2.75) is 31.7 Å². The van der Waals surface area contributed by atoms with Gasteiger partial charge in [-0.05, 0) is 42.7 Å². The molecule has 2 amide bonds. The summed E-state index contributed by atoms with van der Waals surface area (Å²) in [5.74, 6) is 0.693. The van der Waals surface area contributed by atoms with Crippen molar-refractivity contribution in [3.8, 4) is 11.5 Å². The third-order valence-electron chi connectivity index (χ3n) is 5.37. The third kappa shape index (κ3) is 5.08. The standard InChI is InChI=1S/C23H22BClN4O3/c1-24-17-4-7-20(19(25)10-17)32-18-5-2-15(3-6-18)11-28-22(31)23(8-9-23)29-21(30)16-12-26-14-27-13-16/h2-7,10,12-14,24H,8-9,11H2,1H3,(H,28,31)(H,29,30). The number of amides is 2. The number of hydrogen-bond donors (Lipinski definition) is 2. The molecule has 162 valence electrons. The van der Waals surface area contributed by atoms with Gasteiger partial charge in [0, 0.05) is 18.9 Å². The van der Waals surface area contributed by atoms with E-state index in [1.807, 2.05) is 42.5 Å². The van der Waals surface area contributed by atoms with E-state index < -0.39 is 5.54 Å². The van der Waals surface area contributed by atoms with Gasteiger partial charge in [0.25, 0.3) is 5.91 Å². The van der Waals surface area contributed by atoms with Crippen LogP contribution in [0.1, 0.15) is 28.8 Å². The van der Waals surface area contributed by atoms with E-state index in [1.54, 1.807) is 0 Å². The summed E-state index contributed by atoms with van der Waals surface area (Å²) in [5.41, 5.74) is 1.52. The zero-order valence-corrected chi connectivity index (χ0v) is 18.4. The van der Waals surface area contributed by atoms with Crippen molar-refractivity contribution >= 4 is 36.2 Å². The average Bonchev–Trinajstić information content (AvgIpc) is 3.61. The molecule has 1 saturated carbocycles. The number of rotatable bonds is 8. The second-order valence-electron chi connectivity index (χ2n) is 7.71. The molecular weight excluding hydrogens is 427 g/mol. The van der Waals surface area contributed by atoms with Gasteiger partial charge in [-0.2, -0.15) is 0 Å². The maximum Gasteiger partial charge on any atom is 0.255 e. The monoisotopic (exact) mass is 448 g/mol. The largest absolute Gasteiger partial charge is 0.456 e. The van der Waals surface area contributed by atoms with Gasteiger partial charge >= 0.3 is 0 Å². The van der Waals surface area contributed by atoms with Crippen LogP contribution in [0.5, 0.6) is 11.5 Å². The fourth-order valence-corrected chi connectivity index (χ4v) is 3.48. The molecule has 4 rings (SSSR count). The Kier molecular flexibility index (Phi) is 6.41. The normalized spacial score (nSPS) is 13.7. The molecule has 1 aliphatic rings. The first-order chi connectivity index (χ1) is 15.5. The Morgan fingerprint density at radius 1 is 1.12 bits per heavy atom. The molecule has 32 heavy (non-hydrogen) atoms. The molecule has 0 atom stereocenters. The number of hydrogen-bond acceptors (Lipinski definition) is 5. The Morgan fingerprint density at radius 3 is 2.47 bits per heavy atom. The highest BCUT2D eigenvalue weighted by molar-refractivity contribution is 6.52. The molecule has 1 heterocycles.